The van der Waals surface area contributed by atoms with Crippen LogP contribution < -0.4 is 0 Å². The molecule has 4 aromatic heterocycles. The monoisotopic (exact) mass is 847 g/mol. The Labute approximate surface area is 377 Å². The second kappa shape index (κ2) is 14.4. The van der Waals surface area contributed by atoms with Gasteiger partial charge in [-0.05, 0) is 96.8 Å². The van der Waals surface area contributed by atoms with Crippen molar-refractivity contribution in [2.24, 2.45) is 9.98 Å². The number of aromatic nitrogens is 1. The van der Waals surface area contributed by atoms with Gasteiger partial charge in [0.15, 0.2) is 5.84 Å². The van der Waals surface area contributed by atoms with E-state index in [0.29, 0.717) is 12.3 Å². The van der Waals surface area contributed by atoms with Crippen LogP contribution in [0.1, 0.15) is 29.5 Å². The van der Waals surface area contributed by atoms with Crippen LogP contribution in [0.4, 0.5) is 0 Å². The zero-order chi connectivity index (χ0) is 43.3. The van der Waals surface area contributed by atoms with Crippen LogP contribution in [-0.2, 0) is 0 Å². The fourth-order valence-electron chi connectivity index (χ4n) is 10.4. The van der Waals surface area contributed by atoms with Crippen molar-refractivity contribution in [3.8, 4) is 16.8 Å². The average Bonchev–Trinajstić information content (AvgIpc) is 4.13. The van der Waals surface area contributed by atoms with Crippen LogP contribution in [0.25, 0.3) is 110 Å². The zero-order valence-electron chi connectivity index (χ0n) is 35.5. The summed E-state index contributed by atoms with van der Waals surface area (Å²) in [6, 6.07) is 67.8. The maximum atomic E-state index is 6.63. The lowest BCUT2D eigenvalue weighted by Gasteiger charge is -2.15. The predicted molar refractivity (Wildman–Crippen MR) is 271 cm³/mol. The number of rotatable bonds is 5. The molecule has 310 valence electrons. The molecule has 0 fully saturated rings. The number of amidine groups is 1. The number of para-hydroxylation sites is 4. The van der Waals surface area contributed by atoms with E-state index in [9.17, 15) is 0 Å². The second-order valence-electron chi connectivity index (χ2n) is 17.1. The fourth-order valence-corrected chi connectivity index (χ4v) is 10.4. The highest BCUT2D eigenvalue weighted by atomic mass is 16.3. The van der Waals surface area contributed by atoms with Crippen molar-refractivity contribution in [2.75, 3.05) is 0 Å². The Bertz CT molecular complexity index is 4230. The van der Waals surface area contributed by atoms with Crippen molar-refractivity contribution in [1.29, 1.82) is 0 Å². The Hall–Kier alpha value is -8.74. The van der Waals surface area contributed by atoms with Gasteiger partial charge in [0, 0.05) is 65.5 Å². The smallest absolute Gasteiger partial charge is 0.160 e. The lowest BCUT2D eigenvalue weighted by molar-refractivity contribution is 0.668. The Morgan fingerprint density at radius 1 is 0.379 bits per heavy atom. The quantitative estimate of drug-likeness (QED) is 0.173. The Morgan fingerprint density at radius 2 is 0.909 bits per heavy atom. The summed E-state index contributed by atoms with van der Waals surface area (Å²) in [4.78, 5) is 11.2. The molecule has 6 nitrogen and oxygen atoms in total. The fraction of sp³-hybridized carbons (Fsp3) is 0.0333. The highest BCUT2D eigenvalue weighted by Crippen LogP contribution is 2.41. The summed E-state index contributed by atoms with van der Waals surface area (Å²) in [6.45, 7) is 0. The molecule has 0 saturated carbocycles. The van der Waals surface area contributed by atoms with Crippen LogP contribution in [0.5, 0.6) is 0 Å². The lowest BCUT2D eigenvalue weighted by Crippen LogP contribution is -2.10. The molecule has 0 atom stereocenters. The minimum Gasteiger partial charge on any atom is -0.456 e. The molecular formula is C60H37N3O3. The first-order valence-corrected chi connectivity index (χ1v) is 22.4. The molecule has 0 spiro atoms. The summed E-state index contributed by atoms with van der Waals surface area (Å²) in [5, 5.41) is 8.64. The van der Waals surface area contributed by atoms with Gasteiger partial charge in [-0.3, -0.25) is 0 Å². The van der Waals surface area contributed by atoms with Crippen molar-refractivity contribution in [3.63, 3.8) is 0 Å². The molecule has 1 aliphatic heterocycles. The van der Waals surface area contributed by atoms with E-state index in [1.54, 1.807) is 0 Å². The summed E-state index contributed by atoms with van der Waals surface area (Å²) >= 11 is 0. The van der Waals surface area contributed by atoms with Gasteiger partial charge in [-0.25, -0.2) is 9.98 Å². The van der Waals surface area contributed by atoms with Gasteiger partial charge in [0.1, 0.15) is 33.5 Å². The zero-order valence-corrected chi connectivity index (χ0v) is 35.5. The van der Waals surface area contributed by atoms with Gasteiger partial charge < -0.3 is 17.8 Å². The molecule has 0 N–H and O–H groups in total. The number of allylic oxidation sites excluding steroid dienone is 1. The topological polar surface area (TPSA) is 69.1 Å². The third kappa shape index (κ3) is 5.61. The first kappa shape index (κ1) is 36.7. The highest BCUT2D eigenvalue weighted by molar-refractivity contribution is 6.26. The second-order valence-corrected chi connectivity index (χ2v) is 17.1. The Morgan fingerprint density at radius 3 is 1.64 bits per heavy atom. The molecule has 5 heterocycles. The predicted octanol–water partition coefficient (Wildman–Crippen LogP) is 16.2. The molecule has 0 bridgehead atoms. The number of nitrogens with zero attached hydrogens (tertiary/aromatic N) is 3. The number of aliphatic imine (C=N–C) groups is 2. The van der Waals surface area contributed by atoms with Gasteiger partial charge >= 0.3 is 0 Å². The molecule has 14 rings (SSSR count). The van der Waals surface area contributed by atoms with E-state index in [1.807, 2.05) is 42.5 Å². The van der Waals surface area contributed by atoms with Crippen molar-refractivity contribution < 1.29 is 13.3 Å². The summed E-state index contributed by atoms with van der Waals surface area (Å²) < 4.78 is 21.8. The van der Waals surface area contributed by atoms with Crippen molar-refractivity contribution in [1.82, 2.24) is 4.57 Å². The Kier molecular flexibility index (Phi) is 8.01. The molecular weight excluding hydrogens is 811 g/mol. The molecule has 0 radical (unpaired) electrons. The number of benzene rings is 9. The van der Waals surface area contributed by atoms with Crippen LogP contribution in [0.15, 0.2) is 223 Å². The molecule has 6 heteroatoms. The third-order valence-electron chi connectivity index (χ3n) is 13.3. The molecule has 0 amide bonds. The molecule has 0 unspecified atom stereocenters. The first-order chi connectivity index (χ1) is 32.7. The minimum atomic E-state index is 0.617. The van der Waals surface area contributed by atoms with Crippen molar-refractivity contribution in [3.05, 3.63) is 217 Å². The minimum absolute atomic E-state index is 0.617. The van der Waals surface area contributed by atoms with E-state index in [0.717, 1.165) is 117 Å². The molecule has 66 heavy (non-hydrogen) atoms. The van der Waals surface area contributed by atoms with E-state index < -0.39 is 0 Å². The van der Waals surface area contributed by atoms with Gasteiger partial charge in [0.05, 0.1) is 22.4 Å². The van der Waals surface area contributed by atoms with E-state index in [1.165, 1.54) is 21.8 Å². The van der Waals surface area contributed by atoms with Gasteiger partial charge in [-0.15, -0.1) is 0 Å². The van der Waals surface area contributed by atoms with Gasteiger partial charge in [-0.2, -0.15) is 0 Å². The lowest BCUT2D eigenvalue weighted by atomic mass is 9.96. The van der Waals surface area contributed by atoms with Crippen molar-refractivity contribution >= 4 is 105 Å². The van der Waals surface area contributed by atoms with Crippen molar-refractivity contribution in [2.45, 2.75) is 12.8 Å². The SMILES string of the molecule is C1=C(c2cccc3oc4ccc(-c5ccc6c(c5)c5ccccc5n6-c5ccccc5)cc4c23)N=C(c2cccc3oc4ccccc4c23)N=C(c2cccc3oc4ccccc4c23)CC1. The van der Waals surface area contributed by atoms with Crippen LogP contribution in [0.3, 0.4) is 0 Å². The molecule has 9 aromatic carbocycles. The third-order valence-corrected chi connectivity index (χ3v) is 13.3. The molecule has 0 aliphatic carbocycles. The highest BCUT2D eigenvalue weighted by Gasteiger charge is 2.23. The van der Waals surface area contributed by atoms with E-state index in [-0.39, 0.29) is 0 Å². The maximum absolute atomic E-state index is 6.63. The standard InChI is InChI=1S/C60H37N3O3/c1-2-14-38(15-3-1)63-49-24-7-4-16-39(49)45-34-36(30-32-50(45)63)37-31-33-53-46(35-37)58-41(20-11-28-55(58)66-53)48-23-13-22-47(40-19-10-27-54-57(40)42-17-5-8-25-51(42)64-54)61-60(62-48)44-21-12-29-56-59(44)43-18-6-9-26-52(43)65-56/h1-12,14-21,23-35H,13,22H2. The molecule has 0 saturated heterocycles. The summed E-state index contributed by atoms with van der Waals surface area (Å²) in [6.07, 6.45) is 3.69. The van der Waals surface area contributed by atoms with Crippen LogP contribution in [0, 0.1) is 0 Å². The maximum Gasteiger partial charge on any atom is 0.160 e. The van der Waals surface area contributed by atoms with E-state index >= 15 is 0 Å². The average molecular weight is 848 g/mol. The number of hydrogen-bond acceptors (Lipinski definition) is 5. The first-order valence-electron chi connectivity index (χ1n) is 22.4. The van der Waals surface area contributed by atoms with E-state index in [2.05, 4.69) is 162 Å². The van der Waals surface area contributed by atoms with Gasteiger partial charge in [0.25, 0.3) is 0 Å². The number of furan rings is 3. The van der Waals surface area contributed by atoms with Gasteiger partial charge in [-0.1, -0.05) is 127 Å². The van der Waals surface area contributed by atoms with Crippen LogP contribution >= 0.6 is 0 Å². The Balaban J connectivity index is 0.959. The molecule has 13 aromatic rings. The number of fused-ring (bicyclic) bond motifs is 12. The summed E-state index contributed by atoms with van der Waals surface area (Å²) in [7, 11) is 0. The normalized spacial score (nSPS) is 13.6. The molecule has 1 aliphatic rings. The van der Waals surface area contributed by atoms with Gasteiger partial charge in [0.2, 0.25) is 0 Å². The number of hydrogen-bond donors (Lipinski definition) is 0. The van der Waals surface area contributed by atoms with Crippen LogP contribution in [-0.4, -0.2) is 16.1 Å². The summed E-state index contributed by atoms with van der Waals surface area (Å²) in [5.41, 5.74) is 15.5. The summed E-state index contributed by atoms with van der Waals surface area (Å²) in [5.74, 6) is 0.617. The largest absolute Gasteiger partial charge is 0.456 e. The van der Waals surface area contributed by atoms with E-state index in [4.69, 9.17) is 23.2 Å². The van der Waals surface area contributed by atoms with Crippen LogP contribution in [0.2, 0.25) is 0 Å².